The lowest BCUT2D eigenvalue weighted by atomic mass is 10.1. The summed E-state index contributed by atoms with van der Waals surface area (Å²) in [6.07, 6.45) is 0. The summed E-state index contributed by atoms with van der Waals surface area (Å²) in [4.78, 5) is 14.0. The van der Waals surface area contributed by atoms with Gasteiger partial charge in [0, 0.05) is 17.6 Å². The predicted molar refractivity (Wildman–Crippen MR) is 86.9 cm³/mol. The maximum atomic E-state index is 12.5. The van der Waals surface area contributed by atoms with Gasteiger partial charge >= 0.3 is 0 Å². The average molecular weight is 398 g/mol. The Morgan fingerprint density at radius 2 is 2.00 bits per heavy atom. The maximum Gasteiger partial charge on any atom is 0.255 e. The highest BCUT2D eigenvalue weighted by Gasteiger charge is 2.22. The molecule has 0 aromatic heterocycles. The first-order valence-electron chi connectivity index (χ1n) is 6.39. The summed E-state index contributed by atoms with van der Waals surface area (Å²) in [5, 5.41) is 5.29. The van der Waals surface area contributed by atoms with Crippen LogP contribution in [-0.2, 0) is 10.0 Å². The van der Waals surface area contributed by atoms with E-state index in [-0.39, 0.29) is 27.3 Å². The van der Waals surface area contributed by atoms with Gasteiger partial charge in [-0.15, -0.1) is 0 Å². The molecule has 0 bridgehead atoms. The van der Waals surface area contributed by atoms with Gasteiger partial charge in [-0.25, -0.2) is 13.6 Å². The number of benzene rings is 1. The molecular formula is C13H18BrClN2O3S. The normalized spacial score (nSPS) is 11.8. The van der Waals surface area contributed by atoms with Gasteiger partial charge in [0.15, 0.2) is 0 Å². The largest absolute Gasteiger partial charge is 0.339 e. The highest BCUT2D eigenvalue weighted by molar-refractivity contribution is 9.10. The van der Waals surface area contributed by atoms with Crippen LogP contribution >= 0.6 is 27.5 Å². The first kappa shape index (κ1) is 18.4. The molecule has 2 N–H and O–H groups in total. The number of nitrogens with zero attached hydrogens (tertiary/aromatic N) is 1. The number of hydrogen-bond acceptors (Lipinski definition) is 3. The number of hydrogen-bond donors (Lipinski definition) is 1. The summed E-state index contributed by atoms with van der Waals surface area (Å²) >= 11 is 9.27. The highest BCUT2D eigenvalue weighted by Crippen LogP contribution is 2.30. The smallest absolute Gasteiger partial charge is 0.255 e. The van der Waals surface area contributed by atoms with Gasteiger partial charge in [0.2, 0.25) is 10.0 Å². The van der Waals surface area contributed by atoms with Crippen molar-refractivity contribution in [3.05, 3.63) is 27.2 Å². The molecule has 0 spiro atoms. The zero-order valence-corrected chi connectivity index (χ0v) is 15.2. The Hall–Kier alpha value is -0.630. The first-order valence-corrected chi connectivity index (χ1v) is 9.10. The second-order valence-electron chi connectivity index (χ2n) is 5.05. The molecule has 0 saturated carbocycles. The fourth-order valence-electron chi connectivity index (χ4n) is 1.85. The number of nitrogens with two attached hydrogens (primary N) is 1. The quantitative estimate of drug-likeness (QED) is 0.829. The molecular weight excluding hydrogens is 380 g/mol. The van der Waals surface area contributed by atoms with E-state index in [2.05, 4.69) is 15.9 Å². The Morgan fingerprint density at radius 1 is 1.43 bits per heavy atom. The zero-order chi connectivity index (χ0) is 16.4. The molecule has 5 nitrogen and oxygen atoms in total. The standard InChI is InChI=1S/C13H18BrClN2O3S/c1-4-17(7-8(2)3)13(18)10-5-9(21(16,19)20)6-11(14)12(10)15/h5-6,8H,4,7H2,1-3H3,(H2,16,19,20). The van der Waals surface area contributed by atoms with E-state index in [1.807, 2.05) is 20.8 Å². The summed E-state index contributed by atoms with van der Waals surface area (Å²) in [6, 6.07) is 2.50. The minimum Gasteiger partial charge on any atom is -0.339 e. The van der Waals surface area contributed by atoms with Crippen molar-refractivity contribution in [1.29, 1.82) is 0 Å². The third-order valence-electron chi connectivity index (χ3n) is 2.82. The number of rotatable bonds is 5. The molecule has 1 aromatic rings. The van der Waals surface area contributed by atoms with E-state index >= 15 is 0 Å². The molecule has 0 atom stereocenters. The van der Waals surface area contributed by atoms with Crippen molar-refractivity contribution >= 4 is 43.5 Å². The summed E-state index contributed by atoms with van der Waals surface area (Å²) in [7, 11) is -3.91. The summed E-state index contributed by atoms with van der Waals surface area (Å²) in [5.74, 6) is -0.0278. The lowest BCUT2D eigenvalue weighted by Gasteiger charge is -2.24. The van der Waals surface area contributed by atoms with Crippen LogP contribution in [0.2, 0.25) is 5.02 Å². The van der Waals surface area contributed by atoms with E-state index < -0.39 is 10.0 Å². The summed E-state index contributed by atoms with van der Waals surface area (Å²) in [6.45, 7) is 6.91. The second kappa shape index (κ2) is 7.09. The molecule has 1 amide bonds. The van der Waals surface area contributed by atoms with Crippen molar-refractivity contribution in [2.24, 2.45) is 11.1 Å². The minimum atomic E-state index is -3.91. The van der Waals surface area contributed by atoms with Crippen LogP contribution in [-0.4, -0.2) is 32.3 Å². The van der Waals surface area contributed by atoms with E-state index in [0.29, 0.717) is 17.6 Å². The van der Waals surface area contributed by atoms with Gasteiger partial charge in [0.1, 0.15) is 0 Å². The number of carbonyl (C=O) groups is 1. The van der Waals surface area contributed by atoms with Crippen LogP contribution in [0.3, 0.4) is 0 Å². The zero-order valence-electron chi connectivity index (χ0n) is 12.1. The predicted octanol–water partition coefficient (Wildman–Crippen LogP) is 2.87. The van der Waals surface area contributed by atoms with Crippen LogP contribution in [0, 0.1) is 5.92 Å². The molecule has 0 aliphatic heterocycles. The third-order valence-corrected chi connectivity index (χ3v) is 4.97. The molecule has 0 aliphatic carbocycles. The second-order valence-corrected chi connectivity index (χ2v) is 7.84. The Kier molecular flexibility index (Phi) is 6.22. The Morgan fingerprint density at radius 3 is 2.43 bits per heavy atom. The summed E-state index contributed by atoms with van der Waals surface area (Å²) < 4.78 is 23.3. The minimum absolute atomic E-state index is 0.123. The van der Waals surface area contributed by atoms with Gasteiger partial charge in [0.25, 0.3) is 5.91 Å². The molecule has 21 heavy (non-hydrogen) atoms. The highest BCUT2D eigenvalue weighted by atomic mass is 79.9. The Bertz CT molecular complexity index is 647. The SMILES string of the molecule is CCN(CC(C)C)C(=O)c1cc(S(N)(=O)=O)cc(Br)c1Cl. The number of sulfonamides is 1. The summed E-state index contributed by atoms with van der Waals surface area (Å²) in [5.41, 5.74) is 0.123. The van der Waals surface area contributed by atoms with Crippen molar-refractivity contribution in [2.75, 3.05) is 13.1 Å². The molecule has 118 valence electrons. The number of halogens is 2. The van der Waals surface area contributed by atoms with E-state index in [0.717, 1.165) is 0 Å². The lowest BCUT2D eigenvalue weighted by Crippen LogP contribution is -2.34. The fraction of sp³-hybridized carbons (Fsp3) is 0.462. The van der Waals surface area contributed by atoms with Crippen LogP contribution in [0.4, 0.5) is 0 Å². The monoisotopic (exact) mass is 396 g/mol. The molecule has 0 saturated heterocycles. The van der Waals surface area contributed by atoms with Gasteiger partial charge in [-0.2, -0.15) is 0 Å². The maximum absolute atomic E-state index is 12.5. The van der Waals surface area contributed by atoms with Gasteiger partial charge < -0.3 is 4.90 Å². The van der Waals surface area contributed by atoms with Crippen molar-refractivity contribution < 1.29 is 13.2 Å². The Labute approximate surface area is 138 Å². The van der Waals surface area contributed by atoms with E-state index in [1.165, 1.54) is 12.1 Å². The molecule has 8 heteroatoms. The van der Waals surface area contributed by atoms with Crippen LogP contribution < -0.4 is 5.14 Å². The van der Waals surface area contributed by atoms with E-state index in [4.69, 9.17) is 16.7 Å². The van der Waals surface area contributed by atoms with E-state index in [9.17, 15) is 13.2 Å². The number of carbonyl (C=O) groups excluding carboxylic acids is 1. The lowest BCUT2D eigenvalue weighted by molar-refractivity contribution is 0.0745. The molecule has 0 aliphatic rings. The van der Waals surface area contributed by atoms with Crippen molar-refractivity contribution in [2.45, 2.75) is 25.7 Å². The topological polar surface area (TPSA) is 80.5 Å². The number of amides is 1. The van der Waals surface area contributed by atoms with Crippen molar-refractivity contribution in [3.63, 3.8) is 0 Å². The van der Waals surface area contributed by atoms with Gasteiger partial charge in [-0.05, 0) is 40.9 Å². The van der Waals surface area contributed by atoms with Gasteiger partial charge in [0.05, 0.1) is 15.5 Å². The van der Waals surface area contributed by atoms with E-state index in [1.54, 1.807) is 4.90 Å². The molecule has 0 radical (unpaired) electrons. The molecule has 1 aromatic carbocycles. The first-order chi connectivity index (χ1) is 9.57. The van der Waals surface area contributed by atoms with Crippen LogP contribution in [0.1, 0.15) is 31.1 Å². The fourth-order valence-corrected chi connectivity index (χ4v) is 3.22. The Balaban J connectivity index is 3.35. The average Bonchev–Trinajstić information content (AvgIpc) is 2.36. The molecule has 0 fully saturated rings. The van der Waals surface area contributed by atoms with Crippen LogP contribution in [0.25, 0.3) is 0 Å². The van der Waals surface area contributed by atoms with Crippen LogP contribution in [0.15, 0.2) is 21.5 Å². The van der Waals surface area contributed by atoms with Crippen molar-refractivity contribution in [1.82, 2.24) is 4.90 Å². The number of primary sulfonamides is 1. The van der Waals surface area contributed by atoms with Crippen molar-refractivity contribution in [3.8, 4) is 0 Å². The molecule has 0 unspecified atom stereocenters. The molecule has 1 rings (SSSR count). The van der Waals surface area contributed by atoms with Gasteiger partial charge in [-0.1, -0.05) is 25.4 Å². The third kappa shape index (κ3) is 4.67. The van der Waals surface area contributed by atoms with Crippen LogP contribution in [0.5, 0.6) is 0 Å². The van der Waals surface area contributed by atoms with Gasteiger partial charge in [-0.3, -0.25) is 4.79 Å². The molecule has 0 heterocycles.